The van der Waals surface area contributed by atoms with Crippen LogP contribution in [0.3, 0.4) is 0 Å². The molecule has 0 saturated carbocycles. The number of allylic oxidation sites excluding steroid dienone is 1. The van der Waals surface area contributed by atoms with Gasteiger partial charge in [-0.3, -0.25) is 10.1 Å². The van der Waals surface area contributed by atoms with Crippen LogP contribution in [0.4, 0.5) is 0 Å². The highest BCUT2D eigenvalue weighted by atomic mass is 16.3. The van der Waals surface area contributed by atoms with Crippen molar-refractivity contribution in [2.24, 2.45) is 5.73 Å². The first-order valence-electron chi connectivity index (χ1n) is 9.69. The van der Waals surface area contributed by atoms with Crippen molar-refractivity contribution in [2.45, 2.75) is 71.2 Å². The Labute approximate surface area is 163 Å². The van der Waals surface area contributed by atoms with Gasteiger partial charge in [0.1, 0.15) is 18.0 Å². The lowest BCUT2D eigenvalue weighted by Gasteiger charge is -2.23. The minimum absolute atomic E-state index is 0.0639. The van der Waals surface area contributed by atoms with E-state index in [9.17, 15) is 15.0 Å². The minimum atomic E-state index is -0.734. The van der Waals surface area contributed by atoms with Crippen LogP contribution in [-0.4, -0.2) is 47.5 Å². The number of amides is 1. The molecule has 0 aromatic carbocycles. The van der Waals surface area contributed by atoms with Gasteiger partial charge in [-0.1, -0.05) is 33.1 Å². The monoisotopic (exact) mass is 382 g/mol. The molecule has 27 heavy (non-hydrogen) atoms. The van der Waals surface area contributed by atoms with Crippen molar-refractivity contribution >= 4 is 5.91 Å². The van der Waals surface area contributed by atoms with Crippen molar-refractivity contribution in [3.05, 3.63) is 36.3 Å². The van der Waals surface area contributed by atoms with Gasteiger partial charge in [0.15, 0.2) is 0 Å². The van der Waals surface area contributed by atoms with E-state index in [-0.39, 0.29) is 11.7 Å². The van der Waals surface area contributed by atoms with E-state index in [1.807, 2.05) is 19.9 Å². The lowest BCUT2D eigenvalue weighted by atomic mass is 10.1. The summed E-state index contributed by atoms with van der Waals surface area (Å²) in [5.41, 5.74) is 6.99. The molecule has 0 bridgehead atoms. The molecule has 3 unspecified atom stereocenters. The van der Waals surface area contributed by atoms with Crippen LogP contribution in [0.25, 0.3) is 0 Å². The van der Waals surface area contributed by atoms with Gasteiger partial charge in [0, 0.05) is 12.2 Å². The SMILES string of the molecule is C=C(CNC(O)C(=CCC)CC)NC(C)C(=O)NC(CCCCN)C(=C)O. The molecule has 0 aromatic rings. The van der Waals surface area contributed by atoms with Crippen molar-refractivity contribution < 1.29 is 15.0 Å². The molecule has 0 spiro atoms. The number of hydrogen-bond donors (Lipinski definition) is 6. The molecule has 0 saturated heterocycles. The third kappa shape index (κ3) is 10.8. The van der Waals surface area contributed by atoms with Crippen molar-refractivity contribution in [3.8, 4) is 0 Å². The molecule has 0 aliphatic heterocycles. The number of nitrogens with two attached hydrogens (primary N) is 1. The van der Waals surface area contributed by atoms with Crippen LogP contribution in [0.15, 0.2) is 36.3 Å². The van der Waals surface area contributed by atoms with Gasteiger partial charge in [-0.2, -0.15) is 0 Å². The first-order chi connectivity index (χ1) is 12.8. The van der Waals surface area contributed by atoms with Gasteiger partial charge in [-0.25, -0.2) is 0 Å². The number of carbonyl (C=O) groups excluding carboxylic acids is 1. The maximum Gasteiger partial charge on any atom is 0.242 e. The predicted octanol–water partition coefficient (Wildman–Crippen LogP) is 1.82. The topological polar surface area (TPSA) is 120 Å². The maximum absolute atomic E-state index is 12.3. The third-order valence-corrected chi connectivity index (χ3v) is 4.21. The molecule has 0 aliphatic carbocycles. The summed E-state index contributed by atoms with van der Waals surface area (Å²) in [6.07, 6.45) is 5.09. The van der Waals surface area contributed by atoms with Gasteiger partial charge in [-0.05, 0) is 51.1 Å². The van der Waals surface area contributed by atoms with E-state index in [0.717, 1.165) is 31.3 Å². The highest BCUT2D eigenvalue weighted by Gasteiger charge is 2.19. The fraction of sp³-hybridized carbons (Fsp3) is 0.650. The van der Waals surface area contributed by atoms with Crippen LogP contribution < -0.4 is 21.7 Å². The average Bonchev–Trinajstić information content (AvgIpc) is 2.62. The number of carbonyl (C=O) groups is 1. The average molecular weight is 383 g/mol. The Morgan fingerprint density at radius 3 is 2.41 bits per heavy atom. The van der Waals surface area contributed by atoms with E-state index in [2.05, 4.69) is 29.1 Å². The molecule has 0 heterocycles. The molecule has 156 valence electrons. The lowest BCUT2D eigenvalue weighted by Crippen LogP contribution is -2.47. The molecule has 7 nitrogen and oxygen atoms in total. The Balaban J connectivity index is 4.45. The minimum Gasteiger partial charge on any atom is -0.511 e. The molecule has 0 fully saturated rings. The largest absolute Gasteiger partial charge is 0.511 e. The van der Waals surface area contributed by atoms with Crippen molar-refractivity contribution in [3.63, 3.8) is 0 Å². The summed E-state index contributed by atoms with van der Waals surface area (Å²) in [6, 6.07) is -1.03. The molecule has 0 radical (unpaired) electrons. The summed E-state index contributed by atoms with van der Waals surface area (Å²) in [4.78, 5) is 12.3. The van der Waals surface area contributed by atoms with Gasteiger partial charge in [0.2, 0.25) is 5.91 Å². The normalized spacial score (nSPS) is 14.9. The molecular weight excluding hydrogens is 344 g/mol. The van der Waals surface area contributed by atoms with Crippen LogP contribution in [0.5, 0.6) is 0 Å². The zero-order valence-electron chi connectivity index (χ0n) is 17.1. The molecule has 0 aliphatic rings. The number of hydrogen-bond acceptors (Lipinski definition) is 6. The number of unbranched alkanes of at least 4 members (excludes halogenated alkanes) is 1. The van der Waals surface area contributed by atoms with Gasteiger partial charge in [0.25, 0.3) is 0 Å². The molecule has 1 amide bonds. The van der Waals surface area contributed by atoms with Crippen LogP contribution >= 0.6 is 0 Å². The zero-order valence-corrected chi connectivity index (χ0v) is 17.1. The zero-order chi connectivity index (χ0) is 20.8. The fourth-order valence-electron chi connectivity index (χ4n) is 2.60. The highest BCUT2D eigenvalue weighted by Crippen LogP contribution is 2.08. The van der Waals surface area contributed by atoms with Crippen molar-refractivity contribution in [1.29, 1.82) is 0 Å². The predicted molar refractivity (Wildman–Crippen MR) is 111 cm³/mol. The summed E-state index contributed by atoms with van der Waals surface area (Å²) in [6.45, 7) is 14.0. The van der Waals surface area contributed by atoms with Crippen molar-refractivity contribution in [1.82, 2.24) is 16.0 Å². The fourth-order valence-corrected chi connectivity index (χ4v) is 2.60. The Morgan fingerprint density at radius 2 is 1.89 bits per heavy atom. The second-order valence-electron chi connectivity index (χ2n) is 6.63. The molecule has 0 rings (SSSR count). The molecule has 7 N–H and O–H groups in total. The second-order valence-corrected chi connectivity index (χ2v) is 6.63. The van der Waals surface area contributed by atoms with E-state index in [1.165, 1.54) is 0 Å². The number of aliphatic hydroxyl groups excluding tert-OH is 2. The van der Waals surface area contributed by atoms with E-state index >= 15 is 0 Å². The Hall–Kier alpha value is -1.83. The van der Waals surface area contributed by atoms with Gasteiger partial charge in [-0.15, -0.1) is 0 Å². The smallest absolute Gasteiger partial charge is 0.242 e. The van der Waals surface area contributed by atoms with E-state index in [4.69, 9.17) is 5.73 Å². The third-order valence-electron chi connectivity index (χ3n) is 4.21. The first kappa shape index (κ1) is 25.2. The quantitative estimate of drug-likeness (QED) is 0.111. The summed E-state index contributed by atoms with van der Waals surface area (Å²) in [7, 11) is 0. The lowest BCUT2D eigenvalue weighted by molar-refractivity contribution is -0.123. The van der Waals surface area contributed by atoms with Gasteiger partial charge < -0.3 is 26.6 Å². The maximum atomic E-state index is 12.3. The summed E-state index contributed by atoms with van der Waals surface area (Å²) < 4.78 is 0. The highest BCUT2D eigenvalue weighted by molar-refractivity contribution is 5.82. The van der Waals surface area contributed by atoms with Crippen LogP contribution in [-0.2, 0) is 4.79 Å². The summed E-state index contributed by atoms with van der Waals surface area (Å²) >= 11 is 0. The summed E-state index contributed by atoms with van der Waals surface area (Å²) in [5.74, 6) is -0.323. The second kappa shape index (κ2) is 14.3. The van der Waals surface area contributed by atoms with Gasteiger partial charge >= 0.3 is 0 Å². The molecule has 7 heteroatoms. The molecular formula is C20H38N4O3. The van der Waals surface area contributed by atoms with Gasteiger partial charge in [0.05, 0.1) is 6.04 Å². The summed E-state index contributed by atoms with van der Waals surface area (Å²) in [5, 5.41) is 28.6. The Morgan fingerprint density at radius 1 is 1.22 bits per heavy atom. The van der Waals surface area contributed by atoms with Crippen LogP contribution in [0.2, 0.25) is 0 Å². The van der Waals surface area contributed by atoms with E-state index in [1.54, 1.807) is 6.92 Å². The van der Waals surface area contributed by atoms with Crippen LogP contribution in [0, 0.1) is 0 Å². The Bertz CT molecular complexity index is 505. The number of aliphatic hydroxyl groups is 2. The molecule has 0 aromatic heterocycles. The number of nitrogens with one attached hydrogen (secondary N) is 3. The Kier molecular flexibility index (Phi) is 13.3. The number of rotatable bonds is 15. The molecule has 3 atom stereocenters. The van der Waals surface area contributed by atoms with Crippen LogP contribution in [0.1, 0.15) is 52.9 Å². The van der Waals surface area contributed by atoms with E-state index < -0.39 is 18.3 Å². The standard InChI is InChI=1S/C20H38N4O3/c1-6-10-17(7-2)20(27)22-13-14(3)23-15(4)19(26)24-18(16(5)25)11-8-9-12-21/h10,15,18,20,22-23,25,27H,3,5-9,11-13,21H2,1-2,4H3,(H,24,26). The first-order valence-corrected chi connectivity index (χ1v) is 9.69. The van der Waals surface area contributed by atoms with E-state index in [0.29, 0.717) is 25.2 Å². The van der Waals surface area contributed by atoms with Crippen molar-refractivity contribution in [2.75, 3.05) is 13.1 Å².